The van der Waals surface area contributed by atoms with Gasteiger partial charge in [0.1, 0.15) is 0 Å². The summed E-state index contributed by atoms with van der Waals surface area (Å²) >= 11 is 5.59. The van der Waals surface area contributed by atoms with E-state index >= 15 is 0 Å². The highest BCUT2D eigenvalue weighted by molar-refractivity contribution is 6.18. The van der Waals surface area contributed by atoms with Gasteiger partial charge in [-0.3, -0.25) is 0 Å². The molecule has 1 fully saturated rings. The SMILES string of the molecule is CCC1(C(C)C(F)(F)F)CC1CCl. The van der Waals surface area contributed by atoms with Crippen molar-refractivity contribution in [2.45, 2.75) is 32.9 Å². The Balaban J connectivity index is 2.70. The molecule has 3 atom stereocenters. The van der Waals surface area contributed by atoms with Gasteiger partial charge in [-0.05, 0) is 24.2 Å². The number of rotatable bonds is 3. The molecule has 0 aromatic rings. The quantitative estimate of drug-likeness (QED) is 0.627. The summed E-state index contributed by atoms with van der Waals surface area (Å²) in [5, 5.41) is 0. The van der Waals surface area contributed by atoms with Crippen LogP contribution in [0, 0.1) is 17.3 Å². The van der Waals surface area contributed by atoms with Crippen molar-refractivity contribution in [1.29, 1.82) is 0 Å². The van der Waals surface area contributed by atoms with E-state index in [1.165, 1.54) is 6.92 Å². The lowest BCUT2D eigenvalue weighted by atomic mass is 9.85. The van der Waals surface area contributed by atoms with Crippen LogP contribution in [0.2, 0.25) is 0 Å². The zero-order valence-corrected chi connectivity index (χ0v) is 8.54. The smallest absolute Gasteiger partial charge is 0.171 e. The van der Waals surface area contributed by atoms with Crippen LogP contribution in [0.15, 0.2) is 0 Å². The number of hydrogen-bond donors (Lipinski definition) is 0. The monoisotopic (exact) mass is 214 g/mol. The highest BCUT2D eigenvalue weighted by atomic mass is 35.5. The molecule has 0 spiro atoms. The van der Waals surface area contributed by atoms with E-state index in [4.69, 9.17) is 11.6 Å². The lowest BCUT2D eigenvalue weighted by Crippen LogP contribution is -2.30. The highest BCUT2D eigenvalue weighted by Gasteiger charge is 2.62. The Bertz CT molecular complexity index is 190. The summed E-state index contributed by atoms with van der Waals surface area (Å²) in [7, 11) is 0. The Morgan fingerprint density at radius 2 is 2.08 bits per heavy atom. The second-order valence-electron chi connectivity index (χ2n) is 3.91. The van der Waals surface area contributed by atoms with Gasteiger partial charge in [-0.25, -0.2) is 0 Å². The summed E-state index contributed by atoms with van der Waals surface area (Å²) in [6.07, 6.45) is -2.87. The maximum absolute atomic E-state index is 12.4. The number of alkyl halides is 4. The minimum atomic E-state index is -4.07. The first-order valence-corrected chi connectivity index (χ1v) is 5.04. The van der Waals surface area contributed by atoms with Crippen LogP contribution < -0.4 is 0 Å². The van der Waals surface area contributed by atoms with Crippen molar-refractivity contribution in [3.8, 4) is 0 Å². The van der Waals surface area contributed by atoms with E-state index in [0.717, 1.165) is 0 Å². The Hall–Kier alpha value is 0.0800. The van der Waals surface area contributed by atoms with Gasteiger partial charge in [0, 0.05) is 5.88 Å². The maximum Gasteiger partial charge on any atom is 0.392 e. The Kier molecular flexibility index (Phi) is 2.86. The summed E-state index contributed by atoms with van der Waals surface area (Å²) in [5.74, 6) is -0.793. The molecule has 0 amide bonds. The molecule has 78 valence electrons. The Morgan fingerprint density at radius 1 is 1.54 bits per heavy atom. The van der Waals surface area contributed by atoms with Crippen LogP contribution >= 0.6 is 11.6 Å². The minimum absolute atomic E-state index is 0.0655. The second-order valence-corrected chi connectivity index (χ2v) is 4.21. The van der Waals surface area contributed by atoms with Crippen LogP contribution in [0.25, 0.3) is 0 Å². The minimum Gasteiger partial charge on any atom is -0.171 e. The molecule has 0 saturated heterocycles. The number of halogens is 4. The summed E-state index contributed by atoms with van der Waals surface area (Å²) < 4.78 is 37.3. The molecule has 0 heterocycles. The van der Waals surface area contributed by atoms with Gasteiger partial charge in [0.15, 0.2) is 0 Å². The van der Waals surface area contributed by atoms with Gasteiger partial charge in [0.2, 0.25) is 0 Å². The molecule has 0 bridgehead atoms. The molecule has 1 aliphatic rings. The van der Waals surface area contributed by atoms with Gasteiger partial charge >= 0.3 is 6.18 Å². The van der Waals surface area contributed by atoms with Crippen LogP contribution in [-0.2, 0) is 0 Å². The fourth-order valence-corrected chi connectivity index (χ4v) is 2.62. The van der Waals surface area contributed by atoms with Crippen LogP contribution in [0.3, 0.4) is 0 Å². The van der Waals surface area contributed by atoms with E-state index in [0.29, 0.717) is 18.7 Å². The van der Waals surface area contributed by atoms with Crippen LogP contribution in [0.1, 0.15) is 26.7 Å². The van der Waals surface area contributed by atoms with Crippen molar-refractivity contribution < 1.29 is 13.2 Å². The van der Waals surface area contributed by atoms with E-state index in [1.807, 2.05) is 6.92 Å². The first-order chi connectivity index (χ1) is 5.88. The predicted octanol–water partition coefficient (Wildman–Crippen LogP) is 3.84. The molecule has 0 aromatic carbocycles. The van der Waals surface area contributed by atoms with Gasteiger partial charge in [-0.15, -0.1) is 11.6 Å². The van der Waals surface area contributed by atoms with Crippen molar-refractivity contribution in [3.63, 3.8) is 0 Å². The van der Waals surface area contributed by atoms with Gasteiger partial charge in [0.25, 0.3) is 0 Å². The van der Waals surface area contributed by atoms with Crippen molar-refractivity contribution in [3.05, 3.63) is 0 Å². The first-order valence-electron chi connectivity index (χ1n) is 4.51. The molecule has 0 radical (unpaired) electrons. The maximum atomic E-state index is 12.4. The molecule has 1 aliphatic carbocycles. The van der Waals surface area contributed by atoms with Gasteiger partial charge < -0.3 is 0 Å². The molecule has 0 aromatic heterocycles. The standard InChI is InChI=1S/C9H14ClF3/c1-3-8(4-7(8)5-10)6(2)9(11,12)13/h6-7H,3-5H2,1-2H3. The summed E-state index contributed by atoms with van der Waals surface area (Å²) in [4.78, 5) is 0. The molecule has 0 nitrogen and oxygen atoms in total. The normalized spacial score (nSPS) is 36.0. The topological polar surface area (TPSA) is 0 Å². The molecule has 1 rings (SSSR count). The van der Waals surface area contributed by atoms with E-state index < -0.39 is 17.5 Å². The third kappa shape index (κ3) is 1.80. The molecule has 0 N–H and O–H groups in total. The van der Waals surface area contributed by atoms with Crippen LogP contribution in [-0.4, -0.2) is 12.1 Å². The number of hydrogen-bond acceptors (Lipinski definition) is 0. The van der Waals surface area contributed by atoms with E-state index in [9.17, 15) is 13.2 Å². The van der Waals surface area contributed by atoms with Gasteiger partial charge in [-0.2, -0.15) is 13.2 Å². The lowest BCUT2D eigenvalue weighted by molar-refractivity contribution is -0.189. The van der Waals surface area contributed by atoms with Crippen LogP contribution in [0.5, 0.6) is 0 Å². The fraction of sp³-hybridized carbons (Fsp3) is 1.00. The van der Waals surface area contributed by atoms with E-state index in [-0.39, 0.29) is 5.92 Å². The predicted molar refractivity (Wildman–Crippen MR) is 46.8 cm³/mol. The average molecular weight is 215 g/mol. The van der Waals surface area contributed by atoms with Gasteiger partial charge in [-0.1, -0.05) is 13.8 Å². The highest BCUT2D eigenvalue weighted by Crippen LogP contribution is 2.63. The molecule has 0 aliphatic heterocycles. The van der Waals surface area contributed by atoms with E-state index in [1.54, 1.807) is 0 Å². The fourth-order valence-electron chi connectivity index (χ4n) is 2.20. The summed E-state index contributed by atoms with van der Waals surface area (Å²) in [5.41, 5.74) is -0.556. The molecular formula is C9H14ClF3. The zero-order chi connectivity index (χ0) is 10.3. The Morgan fingerprint density at radius 3 is 2.31 bits per heavy atom. The second kappa shape index (κ2) is 3.34. The molecule has 4 heteroatoms. The molecule has 13 heavy (non-hydrogen) atoms. The largest absolute Gasteiger partial charge is 0.392 e. The first kappa shape index (κ1) is 11.2. The van der Waals surface area contributed by atoms with Crippen LogP contribution in [0.4, 0.5) is 13.2 Å². The molecular weight excluding hydrogens is 201 g/mol. The van der Waals surface area contributed by atoms with Crippen molar-refractivity contribution in [2.75, 3.05) is 5.88 Å². The molecule has 3 unspecified atom stereocenters. The van der Waals surface area contributed by atoms with Crippen molar-refractivity contribution in [1.82, 2.24) is 0 Å². The van der Waals surface area contributed by atoms with E-state index in [2.05, 4.69) is 0 Å². The third-order valence-electron chi connectivity index (χ3n) is 3.48. The van der Waals surface area contributed by atoms with Crippen molar-refractivity contribution >= 4 is 11.6 Å². The van der Waals surface area contributed by atoms with Crippen molar-refractivity contribution in [2.24, 2.45) is 17.3 Å². The average Bonchev–Trinajstić information content (AvgIpc) is 2.76. The Labute approximate surface area is 81.5 Å². The zero-order valence-electron chi connectivity index (χ0n) is 7.79. The summed E-state index contributed by atoms with van der Waals surface area (Å²) in [6.45, 7) is 3.09. The third-order valence-corrected chi connectivity index (χ3v) is 3.85. The molecule has 1 saturated carbocycles. The lowest BCUT2D eigenvalue weighted by Gasteiger charge is -2.25. The summed E-state index contributed by atoms with van der Waals surface area (Å²) in [6, 6.07) is 0. The van der Waals surface area contributed by atoms with Gasteiger partial charge in [0.05, 0.1) is 5.92 Å².